The minimum Gasteiger partial charge on any atom is -0.385 e. The van der Waals surface area contributed by atoms with Crippen molar-refractivity contribution in [3.05, 3.63) is 29.8 Å². The predicted molar refractivity (Wildman–Crippen MR) is 63.9 cm³/mol. The molecule has 0 aliphatic heterocycles. The van der Waals surface area contributed by atoms with Crippen molar-refractivity contribution in [1.29, 1.82) is 5.26 Å². The van der Waals surface area contributed by atoms with E-state index in [0.29, 0.717) is 18.7 Å². The zero-order valence-corrected chi connectivity index (χ0v) is 10.3. The maximum Gasteiger partial charge on any atom is 0.416 e. The molecule has 0 radical (unpaired) electrons. The van der Waals surface area contributed by atoms with E-state index in [1.807, 2.05) is 0 Å². The van der Waals surface area contributed by atoms with Crippen molar-refractivity contribution < 1.29 is 13.2 Å². The summed E-state index contributed by atoms with van der Waals surface area (Å²) in [6.07, 6.45) is -3.76. The molecule has 0 fully saturated rings. The Balaban J connectivity index is 2.62. The summed E-state index contributed by atoms with van der Waals surface area (Å²) in [5, 5.41) is 11.7. The third-order valence-electron chi connectivity index (χ3n) is 2.57. The Labute approximate surface area is 104 Å². The molecule has 0 unspecified atom stereocenters. The Bertz CT molecular complexity index is 444. The van der Waals surface area contributed by atoms with E-state index in [0.717, 1.165) is 12.1 Å². The van der Waals surface area contributed by atoms with Gasteiger partial charge in [0.1, 0.15) is 0 Å². The van der Waals surface area contributed by atoms with Gasteiger partial charge in [-0.25, -0.2) is 0 Å². The molecule has 0 aromatic heterocycles. The van der Waals surface area contributed by atoms with Crippen molar-refractivity contribution in [1.82, 2.24) is 0 Å². The molecule has 0 aliphatic carbocycles. The summed E-state index contributed by atoms with van der Waals surface area (Å²) in [6.45, 7) is 4.05. The summed E-state index contributed by atoms with van der Waals surface area (Å²) in [5.74, 6) is 0. The Morgan fingerprint density at radius 3 is 2.50 bits per heavy atom. The smallest absolute Gasteiger partial charge is 0.385 e. The molecule has 0 atom stereocenters. The lowest BCUT2D eigenvalue weighted by Gasteiger charge is -2.16. The number of nitrogens with zero attached hydrogens (tertiary/aromatic N) is 1. The van der Waals surface area contributed by atoms with E-state index in [1.165, 1.54) is 6.07 Å². The fraction of sp³-hybridized carbons (Fsp3) is 0.462. The van der Waals surface area contributed by atoms with Gasteiger partial charge < -0.3 is 5.32 Å². The SMILES string of the molecule is CC(C)(C#N)CCNc1cccc(C(F)(F)F)c1. The Kier molecular flexibility index (Phi) is 4.23. The van der Waals surface area contributed by atoms with Crippen LogP contribution in [0.1, 0.15) is 25.8 Å². The molecule has 1 rings (SSSR count). The van der Waals surface area contributed by atoms with Crippen LogP contribution in [0, 0.1) is 16.7 Å². The molecule has 0 amide bonds. The van der Waals surface area contributed by atoms with Crippen molar-refractivity contribution in [3.63, 3.8) is 0 Å². The number of halogens is 3. The summed E-state index contributed by atoms with van der Waals surface area (Å²) in [7, 11) is 0. The number of anilines is 1. The van der Waals surface area contributed by atoms with Gasteiger partial charge in [-0.15, -0.1) is 0 Å². The first-order valence-electron chi connectivity index (χ1n) is 5.57. The molecule has 0 bridgehead atoms. The second-order valence-electron chi connectivity index (χ2n) is 4.75. The molecule has 0 aliphatic rings. The zero-order chi connectivity index (χ0) is 13.8. The maximum absolute atomic E-state index is 12.5. The Morgan fingerprint density at radius 2 is 1.94 bits per heavy atom. The average Bonchev–Trinajstić information content (AvgIpc) is 2.28. The van der Waals surface area contributed by atoms with Gasteiger partial charge in [-0.05, 0) is 38.5 Å². The minimum absolute atomic E-state index is 0.415. The number of hydrogen-bond donors (Lipinski definition) is 1. The quantitative estimate of drug-likeness (QED) is 0.881. The number of hydrogen-bond acceptors (Lipinski definition) is 2. The fourth-order valence-electron chi connectivity index (χ4n) is 1.38. The van der Waals surface area contributed by atoms with Crippen LogP contribution in [0.5, 0.6) is 0 Å². The van der Waals surface area contributed by atoms with Crippen LogP contribution >= 0.6 is 0 Å². The van der Waals surface area contributed by atoms with Crippen molar-refractivity contribution >= 4 is 5.69 Å². The Morgan fingerprint density at radius 1 is 1.28 bits per heavy atom. The third kappa shape index (κ3) is 4.28. The van der Waals surface area contributed by atoms with Crippen molar-refractivity contribution in [2.24, 2.45) is 5.41 Å². The number of alkyl halides is 3. The summed E-state index contributed by atoms with van der Waals surface area (Å²) >= 11 is 0. The third-order valence-corrected chi connectivity index (χ3v) is 2.57. The largest absolute Gasteiger partial charge is 0.416 e. The summed E-state index contributed by atoms with van der Waals surface area (Å²) in [5.41, 5.74) is -0.736. The molecule has 2 nitrogen and oxygen atoms in total. The lowest BCUT2D eigenvalue weighted by molar-refractivity contribution is -0.137. The fourth-order valence-corrected chi connectivity index (χ4v) is 1.38. The predicted octanol–water partition coefficient (Wildman–Crippen LogP) is 4.06. The van der Waals surface area contributed by atoms with E-state index >= 15 is 0 Å². The van der Waals surface area contributed by atoms with E-state index < -0.39 is 17.2 Å². The van der Waals surface area contributed by atoms with Crippen LogP contribution in [0.4, 0.5) is 18.9 Å². The first kappa shape index (κ1) is 14.4. The molecule has 0 spiro atoms. The average molecular weight is 256 g/mol. The number of benzene rings is 1. The maximum atomic E-state index is 12.5. The second-order valence-corrected chi connectivity index (χ2v) is 4.75. The number of nitrogens with one attached hydrogen (secondary N) is 1. The van der Waals surface area contributed by atoms with Gasteiger partial charge in [0, 0.05) is 12.2 Å². The van der Waals surface area contributed by atoms with Gasteiger partial charge in [0.05, 0.1) is 17.0 Å². The highest BCUT2D eigenvalue weighted by Crippen LogP contribution is 2.30. The van der Waals surface area contributed by atoms with E-state index in [9.17, 15) is 13.2 Å². The highest BCUT2D eigenvalue weighted by atomic mass is 19.4. The monoisotopic (exact) mass is 256 g/mol. The summed E-state index contributed by atoms with van der Waals surface area (Å²) in [4.78, 5) is 0. The molecule has 18 heavy (non-hydrogen) atoms. The lowest BCUT2D eigenvalue weighted by Crippen LogP contribution is -2.15. The van der Waals surface area contributed by atoms with Crippen LogP contribution in [0.3, 0.4) is 0 Å². The molecule has 0 saturated carbocycles. The van der Waals surface area contributed by atoms with Crippen LogP contribution in [0.25, 0.3) is 0 Å². The Hall–Kier alpha value is -1.70. The molecule has 0 heterocycles. The first-order chi connectivity index (χ1) is 8.24. The van der Waals surface area contributed by atoms with E-state index in [4.69, 9.17) is 5.26 Å². The molecule has 1 aromatic rings. The standard InChI is InChI=1S/C13H15F3N2/c1-12(2,9-17)6-7-18-11-5-3-4-10(8-11)13(14,15)16/h3-5,8,18H,6-7H2,1-2H3. The normalized spacial score (nSPS) is 12.0. The highest BCUT2D eigenvalue weighted by Gasteiger charge is 2.30. The highest BCUT2D eigenvalue weighted by molar-refractivity contribution is 5.46. The van der Waals surface area contributed by atoms with Crippen LogP contribution in [0.15, 0.2) is 24.3 Å². The van der Waals surface area contributed by atoms with Crippen LogP contribution in [-0.2, 0) is 6.18 Å². The number of nitriles is 1. The van der Waals surface area contributed by atoms with Gasteiger partial charge in [0.2, 0.25) is 0 Å². The van der Waals surface area contributed by atoms with Crippen molar-refractivity contribution in [2.45, 2.75) is 26.4 Å². The van der Waals surface area contributed by atoms with E-state index in [-0.39, 0.29) is 0 Å². The van der Waals surface area contributed by atoms with Crippen LogP contribution in [0.2, 0.25) is 0 Å². The summed E-state index contributed by atoms with van der Waals surface area (Å²) < 4.78 is 37.4. The van der Waals surface area contributed by atoms with Gasteiger partial charge in [-0.2, -0.15) is 18.4 Å². The first-order valence-corrected chi connectivity index (χ1v) is 5.57. The molecule has 1 N–H and O–H groups in total. The van der Waals surface area contributed by atoms with Crippen LogP contribution in [-0.4, -0.2) is 6.54 Å². The van der Waals surface area contributed by atoms with Gasteiger partial charge in [-0.1, -0.05) is 6.07 Å². The van der Waals surface area contributed by atoms with Crippen LogP contribution < -0.4 is 5.32 Å². The molecular formula is C13H15F3N2. The van der Waals surface area contributed by atoms with Gasteiger partial charge in [0.25, 0.3) is 0 Å². The molecule has 0 saturated heterocycles. The van der Waals surface area contributed by atoms with Gasteiger partial charge >= 0.3 is 6.18 Å². The number of rotatable bonds is 4. The van der Waals surface area contributed by atoms with Gasteiger partial charge in [-0.3, -0.25) is 0 Å². The zero-order valence-electron chi connectivity index (χ0n) is 10.3. The molecule has 98 valence electrons. The summed E-state index contributed by atoms with van der Waals surface area (Å²) in [6, 6.07) is 7.18. The second kappa shape index (κ2) is 5.30. The van der Waals surface area contributed by atoms with Gasteiger partial charge in [0.15, 0.2) is 0 Å². The minimum atomic E-state index is -4.33. The molecule has 1 aromatic carbocycles. The molecule has 5 heteroatoms. The van der Waals surface area contributed by atoms with Crippen molar-refractivity contribution in [2.75, 3.05) is 11.9 Å². The lowest BCUT2D eigenvalue weighted by atomic mass is 9.91. The van der Waals surface area contributed by atoms with E-state index in [2.05, 4.69) is 11.4 Å². The van der Waals surface area contributed by atoms with Crippen molar-refractivity contribution in [3.8, 4) is 6.07 Å². The molecular weight excluding hydrogens is 241 g/mol. The van der Waals surface area contributed by atoms with E-state index in [1.54, 1.807) is 19.9 Å². The topological polar surface area (TPSA) is 35.8 Å².